The molecule has 6 heteroatoms. The summed E-state index contributed by atoms with van der Waals surface area (Å²) < 4.78 is 7.16. The van der Waals surface area contributed by atoms with E-state index in [1.807, 2.05) is 19.3 Å². The van der Waals surface area contributed by atoms with Crippen LogP contribution in [0.3, 0.4) is 0 Å². The first-order valence-electron chi connectivity index (χ1n) is 7.44. The van der Waals surface area contributed by atoms with E-state index in [1.165, 1.54) is 0 Å². The van der Waals surface area contributed by atoms with Gasteiger partial charge >= 0.3 is 6.09 Å². The molecule has 1 aromatic heterocycles. The van der Waals surface area contributed by atoms with E-state index in [0.717, 1.165) is 44.8 Å². The molecule has 0 spiro atoms. The lowest BCUT2D eigenvalue weighted by Crippen LogP contribution is -2.42. The van der Waals surface area contributed by atoms with Crippen LogP contribution in [0.1, 0.15) is 33.1 Å². The molecule has 1 saturated heterocycles. The summed E-state index contributed by atoms with van der Waals surface area (Å²) in [6.45, 7) is 6.88. The fourth-order valence-electron chi connectivity index (χ4n) is 2.47. The molecule has 0 saturated carbocycles. The Morgan fingerprint density at radius 3 is 2.85 bits per heavy atom. The number of piperidine rings is 1. The van der Waals surface area contributed by atoms with Crippen LogP contribution < -0.4 is 5.32 Å². The third-order valence-corrected chi connectivity index (χ3v) is 3.53. The molecule has 0 atom stereocenters. The standard InChI is InChI=1S/C14H24N4O2/c1-3-8-17-11-7-15-13(17)16-12-5-9-18(10-6-12)14(19)20-4-2/h7,11-12H,3-6,8-10H2,1-2H3,(H,15,16). The Labute approximate surface area is 120 Å². The van der Waals surface area contributed by atoms with Gasteiger partial charge in [-0.3, -0.25) is 0 Å². The number of imidazole rings is 1. The molecule has 2 heterocycles. The van der Waals surface area contributed by atoms with Gasteiger partial charge in [-0.15, -0.1) is 0 Å². The van der Waals surface area contributed by atoms with Crippen molar-refractivity contribution in [2.24, 2.45) is 0 Å². The minimum Gasteiger partial charge on any atom is -0.450 e. The van der Waals surface area contributed by atoms with Crippen molar-refractivity contribution in [3.05, 3.63) is 12.4 Å². The molecule has 0 radical (unpaired) electrons. The largest absolute Gasteiger partial charge is 0.450 e. The Hall–Kier alpha value is -1.72. The van der Waals surface area contributed by atoms with Gasteiger partial charge < -0.3 is 19.5 Å². The predicted octanol–water partition coefficient (Wildman–Crippen LogP) is 2.33. The quantitative estimate of drug-likeness (QED) is 0.899. The number of amides is 1. The number of rotatable bonds is 5. The van der Waals surface area contributed by atoms with Crippen LogP contribution in [-0.2, 0) is 11.3 Å². The average molecular weight is 280 g/mol. The minimum absolute atomic E-state index is 0.196. The van der Waals surface area contributed by atoms with E-state index in [1.54, 1.807) is 4.90 Å². The molecule has 6 nitrogen and oxygen atoms in total. The molecule has 1 aliphatic rings. The second kappa shape index (κ2) is 7.17. The number of carbonyl (C=O) groups is 1. The van der Waals surface area contributed by atoms with Gasteiger partial charge in [0.25, 0.3) is 0 Å². The third kappa shape index (κ3) is 3.65. The summed E-state index contributed by atoms with van der Waals surface area (Å²) in [5.74, 6) is 0.932. The summed E-state index contributed by atoms with van der Waals surface area (Å²) in [6.07, 6.45) is 6.58. The van der Waals surface area contributed by atoms with Gasteiger partial charge in [-0.05, 0) is 26.2 Å². The molecule has 1 aliphatic heterocycles. The second-order valence-electron chi connectivity index (χ2n) is 5.05. The lowest BCUT2D eigenvalue weighted by atomic mass is 10.1. The molecular weight excluding hydrogens is 256 g/mol. The summed E-state index contributed by atoms with van der Waals surface area (Å²) in [5, 5.41) is 3.48. The first kappa shape index (κ1) is 14.7. The smallest absolute Gasteiger partial charge is 0.409 e. The van der Waals surface area contributed by atoms with Gasteiger partial charge in [-0.2, -0.15) is 0 Å². The summed E-state index contributed by atoms with van der Waals surface area (Å²) >= 11 is 0. The van der Waals surface area contributed by atoms with Crippen LogP contribution in [-0.4, -0.2) is 46.3 Å². The van der Waals surface area contributed by atoms with Crippen LogP contribution in [0.25, 0.3) is 0 Å². The van der Waals surface area contributed by atoms with Crippen molar-refractivity contribution in [3.8, 4) is 0 Å². The maximum Gasteiger partial charge on any atom is 0.409 e. The van der Waals surface area contributed by atoms with Crippen LogP contribution in [0.2, 0.25) is 0 Å². The van der Waals surface area contributed by atoms with Gasteiger partial charge in [0.1, 0.15) is 0 Å². The number of aromatic nitrogens is 2. The lowest BCUT2D eigenvalue weighted by molar-refractivity contribution is 0.0983. The Kier molecular flexibility index (Phi) is 5.26. The number of nitrogens with one attached hydrogen (secondary N) is 1. The molecule has 1 N–H and O–H groups in total. The van der Waals surface area contributed by atoms with Crippen LogP contribution in [0, 0.1) is 0 Å². The van der Waals surface area contributed by atoms with Gasteiger partial charge in [0.15, 0.2) is 0 Å². The van der Waals surface area contributed by atoms with Crippen LogP contribution in [0.4, 0.5) is 10.7 Å². The zero-order valence-electron chi connectivity index (χ0n) is 12.3. The second-order valence-corrected chi connectivity index (χ2v) is 5.05. The molecule has 0 aromatic carbocycles. The molecule has 1 aromatic rings. The highest BCUT2D eigenvalue weighted by Crippen LogP contribution is 2.16. The minimum atomic E-state index is -0.196. The SMILES string of the molecule is CCCn1ccnc1NC1CCN(C(=O)OCC)CC1. The zero-order valence-corrected chi connectivity index (χ0v) is 12.3. The van der Waals surface area contributed by atoms with Crippen molar-refractivity contribution < 1.29 is 9.53 Å². The summed E-state index contributed by atoms with van der Waals surface area (Å²) in [4.78, 5) is 17.8. The number of carbonyl (C=O) groups excluding carboxylic acids is 1. The fourth-order valence-corrected chi connectivity index (χ4v) is 2.47. The molecule has 20 heavy (non-hydrogen) atoms. The van der Waals surface area contributed by atoms with Crippen molar-refractivity contribution in [2.45, 2.75) is 45.7 Å². The van der Waals surface area contributed by atoms with Crippen molar-refractivity contribution in [3.63, 3.8) is 0 Å². The molecule has 1 fully saturated rings. The average Bonchev–Trinajstić information content (AvgIpc) is 2.88. The molecule has 0 aliphatic carbocycles. The Morgan fingerprint density at radius 1 is 1.45 bits per heavy atom. The third-order valence-electron chi connectivity index (χ3n) is 3.53. The molecule has 1 amide bonds. The van der Waals surface area contributed by atoms with E-state index < -0.39 is 0 Å². The summed E-state index contributed by atoms with van der Waals surface area (Å²) in [6, 6.07) is 0.374. The molecule has 0 bridgehead atoms. The number of anilines is 1. The van der Waals surface area contributed by atoms with Crippen molar-refractivity contribution in [1.82, 2.24) is 14.5 Å². The Balaban J connectivity index is 1.82. The highest BCUT2D eigenvalue weighted by atomic mass is 16.6. The van der Waals surface area contributed by atoms with Gasteiger partial charge in [-0.25, -0.2) is 9.78 Å². The summed E-state index contributed by atoms with van der Waals surface area (Å²) in [7, 11) is 0. The molecule has 112 valence electrons. The maximum absolute atomic E-state index is 11.6. The monoisotopic (exact) mass is 280 g/mol. The van der Waals surface area contributed by atoms with Gasteiger partial charge in [0.2, 0.25) is 5.95 Å². The number of aryl methyl sites for hydroxylation is 1. The maximum atomic E-state index is 11.6. The summed E-state index contributed by atoms with van der Waals surface area (Å²) in [5.41, 5.74) is 0. The first-order chi connectivity index (χ1) is 9.74. The van der Waals surface area contributed by atoms with Crippen LogP contribution in [0.15, 0.2) is 12.4 Å². The van der Waals surface area contributed by atoms with Crippen molar-refractivity contribution in [1.29, 1.82) is 0 Å². The number of hydrogen-bond donors (Lipinski definition) is 1. The molecular formula is C14H24N4O2. The molecule has 2 rings (SSSR count). The van der Waals surface area contributed by atoms with E-state index in [-0.39, 0.29) is 6.09 Å². The number of likely N-dealkylation sites (tertiary alicyclic amines) is 1. The topological polar surface area (TPSA) is 59.4 Å². The number of nitrogens with zero attached hydrogens (tertiary/aromatic N) is 3. The number of ether oxygens (including phenoxy) is 1. The van der Waals surface area contributed by atoms with Gasteiger partial charge in [-0.1, -0.05) is 6.92 Å². The van der Waals surface area contributed by atoms with E-state index in [2.05, 4.69) is 21.8 Å². The first-order valence-corrected chi connectivity index (χ1v) is 7.44. The van der Waals surface area contributed by atoms with Crippen LogP contribution >= 0.6 is 0 Å². The van der Waals surface area contributed by atoms with E-state index in [4.69, 9.17) is 4.74 Å². The number of hydrogen-bond acceptors (Lipinski definition) is 4. The highest BCUT2D eigenvalue weighted by molar-refractivity contribution is 5.67. The van der Waals surface area contributed by atoms with Crippen LogP contribution in [0.5, 0.6) is 0 Å². The normalized spacial score (nSPS) is 16.2. The van der Waals surface area contributed by atoms with E-state index in [0.29, 0.717) is 12.6 Å². The van der Waals surface area contributed by atoms with Crippen molar-refractivity contribution >= 4 is 12.0 Å². The lowest BCUT2D eigenvalue weighted by Gasteiger charge is -2.31. The van der Waals surface area contributed by atoms with Gasteiger partial charge in [0.05, 0.1) is 6.61 Å². The van der Waals surface area contributed by atoms with Crippen molar-refractivity contribution in [2.75, 3.05) is 25.0 Å². The predicted molar refractivity (Wildman–Crippen MR) is 77.8 cm³/mol. The highest BCUT2D eigenvalue weighted by Gasteiger charge is 2.24. The Morgan fingerprint density at radius 2 is 2.20 bits per heavy atom. The van der Waals surface area contributed by atoms with E-state index >= 15 is 0 Å². The Bertz CT molecular complexity index is 425. The van der Waals surface area contributed by atoms with Gasteiger partial charge in [0, 0.05) is 38.1 Å². The van der Waals surface area contributed by atoms with E-state index in [9.17, 15) is 4.79 Å². The zero-order chi connectivity index (χ0) is 14.4. The molecule has 0 unspecified atom stereocenters. The fraction of sp³-hybridized carbons (Fsp3) is 0.714.